The minimum atomic E-state index is -4.63. The Morgan fingerprint density at radius 2 is 1.71 bits per heavy atom. The number of alkyl halides is 3. The number of sulfonamides is 1. The summed E-state index contributed by atoms with van der Waals surface area (Å²) in [5.74, 6) is -2.04. The molecular formula is C28H30F4N4O4S. The lowest BCUT2D eigenvalue weighted by Crippen LogP contribution is -2.36. The molecule has 0 saturated carbocycles. The number of amides is 1. The first-order valence-electron chi connectivity index (χ1n) is 12.9. The van der Waals surface area contributed by atoms with Crippen molar-refractivity contribution in [3.63, 3.8) is 0 Å². The lowest BCUT2D eigenvalue weighted by molar-refractivity contribution is -0.141. The normalized spacial score (nSPS) is 15.4. The zero-order valence-electron chi connectivity index (χ0n) is 22.4. The first kappa shape index (κ1) is 30.1. The van der Waals surface area contributed by atoms with Crippen molar-refractivity contribution in [3.05, 3.63) is 82.8 Å². The molecule has 1 saturated heterocycles. The van der Waals surface area contributed by atoms with E-state index in [9.17, 15) is 35.9 Å². The fourth-order valence-electron chi connectivity index (χ4n) is 4.71. The van der Waals surface area contributed by atoms with Crippen LogP contribution in [-0.4, -0.2) is 43.8 Å². The van der Waals surface area contributed by atoms with Gasteiger partial charge in [0.1, 0.15) is 23.1 Å². The Kier molecular flexibility index (Phi) is 8.76. The second-order valence-corrected chi connectivity index (χ2v) is 12.0. The number of hydrogen-bond acceptors (Lipinski definition) is 6. The van der Waals surface area contributed by atoms with E-state index in [4.69, 9.17) is 0 Å². The summed E-state index contributed by atoms with van der Waals surface area (Å²) in [6, 6.07) is 11.5. The Balaban J connectivity index is 1.64. The first-order valence-corrected chi connectivity index (χ1v) is 14.8. The standard InChI is InChI=1S/C28H30F4N4O4S/c1-17-11-13-36(14-12-17)26-20(6-10-24(34-26)28(30,31)32)16-33-27(38)25(18-3-7-21(37)8-4-18)19-5-9-23(22(29)15-19)35-41(2,39)40/h3-10,15,17,25,35,37H,11-14,16H2,1-2H3,(H,33,38). The van der Waals surface area contributed by atoms with Gasteiger partial charge in [0.2, 0.25) is 15.9 Å². The van der Waals surface area contributed by atoms with Crippen LogP contribution >= 0.6 is 0 Å². The second kappa shape index (κ2) is 11.9. The van der Waals surface area contributed by atoms with Crippen LogP contribution in [0.5, 0.6) is 5.75 Å². The highest BCUT2D eigenvalue weighted by molar-refractivity contribution is 7.92. The lowest BCUT2D eigenvalue weighted by Gasteiger charge is -2.33. The highest BCUT2D eigenvalue weighted by Gasteiger charge is 2.34. The molecule has 220 valence electrons. The Morgan fingerprint density at radius 3 is 2.29 bits per heavy atom. The summed E-state index contributed by atoms with van der Waals surface area (Å²) in [6.45, 7) is 2.99. The molecule has 4 rings (SSSR count). The maximum absolute atomic E-state index is 14.9. The summed E-state index contributed by atoms with van der Waals surface area (Å²) >= 11 is 0. The third kappa shape index (κ3) is 7.66. The van der Waals surface area contributed by atoms with E-state index in [1.54, 1.807) is 4.90 Å². The number of carbonyl (C=O) groups excluding carboxylic acids is 1. The van der Waals surface area contributed by atoms with E-state index in [2.05, 4.69) is 21.9 Å². The number of anilines is 2. The Morgan fingerprint density at radius 1 is 1.07 bits per heavy atom. The lowest BCUT2D eigenvalue weighted by atomic mass is 9.90. The Labute approximate surface area is 235 Å². The van der Waals surface area contributed by atoms with Crippen LogP contribution in [0, 0.1) is 11.7 Å². The van der Waals surface area contributed by atoms with Gasteiger partial charge in [-0.05, 0) is 60.2 Å². The summed E-state index contributed by atoms with van der Waals surface area (Å²) in [6.07, 6.45) is -2.17. The molecule has 3 aromatic rings. The highest BCUT2D eigenvalue weighted by Crippen LogP contribution is 2.33. The molecule has 2 aromatic carbocycles. The number of halogens is 4. The van der Waals surface area contributed by atoms with Gasteiger partial charge in [-0.3, -0.25) is 9.52 Å². The smallest absolute Gasteiger partial charge is 0.433 e. The van der Waals surface area contributed by atoms with Gasteiger partial charge in [0.05, 0.1) is 17.9 Å². The number of phenols is 1. The van der Waals surface area contributed by atoms with E-state index in [1.165, 1.54) is 42.5 Å². The van der Waals surface area contributed by atoms with Gasteiger partial charge in [0, 0.05) is 25.2 Å². The maximum atomic E-state index is 14.9. The number of carbonyl (C=O) groups is 1. The summed E-state index contributed by atoms with van der Waals surface area (Å²) in [5.41, 5.74) is -0.331. The SMILES string of the molecule is CC1CCN(c2nc(C(F)(F)F)ccc2CNC(=O)C(c2ccc(O)cc2)c2ccc(NS(C)(=O)=O)c(F)c2)CC1. The van der Waals surface area contributed by atoms with Crippen LogP contribution in [0.15, 0.2) is 54.6 Å². The van der Waals surface area contributed by atoms with Crippen molar-refractivity contribution in [3.8, 4) is 5.75 Å². The fraction of sp³-hybridized carbons (Fsp3) is 0.357. The first-order chi connectivity index (χ1) is 19.2. The van der Waals surface area contributed by atoms with Gasteiger partial charge in [-0.1, -0.05) is 31.2 Å². The number of nitrogens with one attached hydrogen (secondary N) is 2. The van der Waals surface area contributed by atoms with E-state index < -0.39 is 39.5 Å². The van der Waals surface area contributed by atoms with Crippen LogP contribution in [0.1, 0.15) is 48.1 Å². The molecule has 0 radical (unpaired) electrons. The van der Waals surface area contributed by atoms with Crippen LogP contribution in [0.2, 0.25) is 0 Å². The average molecular weight is 595 g/mol. The number of rotatable bonds is 8. The van der Waals surface area contributed by atoms with Crippen molar-refractivity contribution in [1.82, 2.24) is 10.3 Å². The molecule has 1 amide bonds. The molecule has 1 aliphatic rings. The predicted octanol–water partition coefficient (Wildman–Crippen LogP) is 5.00. The molecule has 1 unspecified atom stereocenters. The van der Waals surface area contributed by atoms with E-state index in [0.29, 0.717) is 30.1 Å². The van der Waals surface area contributed by atoms with Gasteiger partial charge < -0.3 is 15.3 Å². The van der Waals surface area contributed by atoms with Gasteiger partial charge in [0.15, 0.2) is 0 Å². The molecular weight excluding hydrogens is 564 g/mol. The fourth-order valence-corrected chi connectivity index (χ4v) is 5.27. The topological polar surface area (TPSA) is 112 Å². The molecule has 1 fully saturated rings. The number of piperidine rings is 1. The van der Waals surface area contributed by atoms with E-state index in [0.717, 1.165) is 31.2 Å². The van der Waals surface area contributed by atoms with Crippen molar-refractivity contribution in [2.24, 2.45) is 5.92 Å². The maximum Gasteiger partial charge on any atom is 0.433 e. The van der Waals surface area contributed by atoms with E-state index >= 15 is 0 Å². The van der Waals surface area contributed by atoms with Crippen molar-refractivity contribution in [2.45, 2.75) is 38.4 Å². The second-order valence-electron chi connectivity index (χ2n) is 10.2. The largest absolute Gasteiger partial charge is 0.508 e. The van der Waals surface area contributed by atoms with Crippen LogP contribution in [-0.2, 0) is 27.5 Å². The molecule has 2 heterocycles. The number of hydrogen-bond donors (Lipinski definition) is 3. The monoisotopic (exact) mass is 594 g/mol. The van der Waals surface area contributed by atoms with Gasteiger partial charge in [-0.25, -0.2) is 17.8 Å². The Bertz CT molecular complexity index is 1510. The molecule has 13 heteroatoms. The highest BCUT2D eigenvalue weighted by atomic mass is 32.2. The number of phenolic OH excluding ortho intramolecular Hbond substituents is 1. The van der Waals surface area contributed by atoms with Crippen molar-refractivity contribution >= 4 is 27.4 Å². The van der Waals surface area contributed by atoms with E-state index in [-0.39, 0.29) is 29.4 Å². The van der Waals surface area contributed by atoms with Crippen molar-refractivity contribution in [1.29, 1.82) is 0 Å². The summed E-state index contributed by atoms with van der Waals surface area (Å²) in [7, 11) is -3.75. The third-order valence-electron chi connectivity index (χ3n) is 6.89. The number of benzene rings is 2. The van der Waals surface area contributed by atoms with Crippen LogP contribution in [0.3, 0.4) is 0 Å². The molecule has 0 spiro atoms. The Hall–Kier alpha value is -3.87. The van der Waals surface area contributed by atoms with Gasteiger partial charge >= 0.3 is 6.18 Å². The third-order valence-corrected chi connectivity index (χ3v) is 7.48. The number of aromatic nitrogens is 1. The molecule has 0 aliphatic carbocycles. The van der Waals surface area contributed by atoms with Gasteiger partial charge in [0.25, 0.3) is 0 Å². The summed E-state index contributed by atoms with van der Waals surface area (Å²) in [4.78, 5) is 19.3. The summed E-state index contributed by atoms with van der Waals surface area (Å²) < 4.78 is 80.4. The molecule has 0 bridgehead atoms. The minimum absolute atomic E-state index is 0.0527. The molecule has 41 heavy (non-hydrogen) atoms. The van der Waals surface area contributed by atoms with Crippen LogP contribution in [0.25, 0.3) is 0 Å². The summed E-state index contributed by atoms with van der Waals surface area (Å²) in [5, 5.41) is 12.5. The van der Waals surface area contributed by atoms with Crippen molar-refractivity contribution < 1.29 is 35.9 Å². The quantitative estimate of drug-likeness (QED) is 0.317. The molecule has 8 nitrogen and oxygen atoms in total. The molecule has 1 aliphatic heterocycles. The zero-order valence-corrected chi connectivity index (χ0v) is 23.2. The zero-order chi connectivity index (χ0) is 29.9. The number of pyridine rings is 1. The van der Waals surface area contributed by atoms with Crippen LogP contribution < -0.4 is 14.9 Å². The van der Waals surface area contributed by atoms with Crippen LogP contribution in [0.4, 0.5) is 29.1 Å². The van der Waals surface area contributed by atoms with Gasteiger partial charge in [-0.2, -0.15) is 13.2 Å². The minimum Gasteiger partial charge on any atom is -0.508 e. The average Bonchev–Trinajstić information content (AvgIpc) is 2.89. The molecule has 1 aromatic heterocycles. The molecule has 1 atom stereocenters. The number of nitrogens with zero attached hydrogens (tertiary/aromatic N) is 2. The number of aromatic hydroxyl groups is 1. The predicted molar refractivity (Wildman–Crippen MR) is 147 cm³/mol. The van der Waals surface area contributed by atoms with E-state index in [1.807, 2.05) is 0 Å². The van der Waals surface area contributed by atoms with Crippen molar-refractivity contribution in [2.75, 3.05) is 29.0 Å². The molecule has 3 N–H and O–H groups in total. The van der Waals surface area contributed by atoms with Gasteiger partial charge in [-0.15, -0.1) is 0 Å².